The number of amidine groups is 2. The van der Waals surface area contributed by atoms with Crippen molar-refractivity contribution in [1.82, 2.24) is 5.32 Å². The van der Waals surface area contributed by atoms with E-state index in [1.807, 2.05) is 18.2 Å². The van der Waals surface area contributed by atoms with E-state index in [2.05, 4.69) is 20.8 Å². The Labute approximate surface area is 110 Å². The minimum absolute atomic E-state index is 0.151. The maximum atomic E-state index is 8.73. The first-order valence-electron chi connectivity index (χ1n) is 5.67. The highest BCUT2D eigenvalue weighted by Crippen LogP contribution is 2.12. The molecular weight excluding hydrogens is 242 g/mol. The summed E-state index contributed by atoms with van der Waals surface area (Å²) >= 11 is 0. The highest BCUT2D eigenvalue weighted by Gasteiger charge is 2.08. The molecule has 0 unspecified atom stereocenters. The smallest absolute Gasteiger partial charge is 0.201 e. The fourth-order valence-electron chi connectivity index (χ4n) is 1.59. The first-order chi connectivity index (χ1) is 9.20. The third kappa shape index (κ3) is 3.07. The van der Waals surface area contributed by atoms with Gasteiger partial charge in [0.15, 0.2) is 5.84 Å². The molecule has 0 saturated carbocycles. The van der Waals surface area contributed by atoms with Crippen LogP contribution in [0, 0.1) is 16.7 Å². The number of hydrogen-bond donors (Lipinski definition) is 4. The molecule has 1 aromatic carbocycles. The fourth-order valence-corrected chi connectivity index (χ4v) is 1.59. The predicted molar refractivity (Wildman–Crippen MR) is 74.4 cm³/mol. The summed E-state index contributed by atoms with van der Waals surface area (Å²) in [5, 5.41) is 22.8. The monoisotopic (exact) mass is 255 g/mol. The molecule has 0 bridgehead atoms. The Kier molecular flexibility index (Phi) is 3.73. The van der Waals surface area contributed by atoms with Crippen LogP contribution in [0.2, 0.25) is 0 Å². The molecule has 0 aromatic heterocycles. The summed E-state index contributed by atoms with van der Waals surface area (Å²) < 4.78 is 0. The van der Waals surface area contributed by atoms with Gasteiger partial charge in [0.25, 0.3) is 0 Å². The predicted octanol–water partition coefficient (Wildman–Crippen LogP) is 0.264. The van der Waals surface area contributed by atoms with Crippen molar-refractivity contribution < 1.29 is 0 Å². The number of nitriles is 1. The van der Waals surface area contributed by atoms with Crippen molar-refractivity contribution in [3.8, 4) is 6.07 Å². The number of nitrogens with two attached hydrogens (primary N) is 1. The van der Waals surface area contributed by atoms with E-state index in [0.29, 0.717) is 5.69 Å². The molecule has 1 aromatic rings. The van der Waals surface area contributed by atoms with Crippen molar-refractivity contribution in [2.75, 3.05) is 18.5 Å². The van der Waals surface area contributed by atoms with Crippen molar-refractivity contribution in [2.24, 2.45) is 15.8 Å². The molecule has 1 aliphatic rings. The molecule has 0 aliphatic carbocycles. The number of benzene rings is 1. The van der Waals surface area contributed by atoms with Crippen LogP contribution in [-0.4, -0.2) is 30.5 Å². The lowest BCUT2D eigenvalue weighted by molar-refractivity contribution is 0.960. The summed E-state index contributed by atoms with van der Waals surface area (Å²) in [7, 11) is 0. The van der Waals surface area contributed by atoms with E-state index >= 15 is 0 Å². The molecule has 1 aliphatic heterocycles. The third-order valence-corrected chi connectivity index (χ3v) is 2.47. The number of nitrogens with one attached hydrogen (secondary N) is 3. The van der Waals surface area contributed by atoms with Crippen LogP contribution in [0.4, 0.5) is 5.69 Å². The first-order valence-corrected chi connectivity index (χ1v) is 5.67. The topological polar surface area (TPSA) is 122 Å². The molecule has 7 nitrogen and oxygen atoms in total. The molecule has 0 atom stereocenters. The molecule has 0 fully saturated rings. The quantitative estimate of drug-likeness (QED) is 0.350. The summed E-state index contributed by atoms with van der Waals surface area (Å²) in [5.41, 5.74) is 9.39. The van der Waals surface area contributed by atoms with Gasteiger partial charge in [-0.05, 0) is 12.1 Å². The van der Waals surface area contributed by atoms with Gasteiger partial charge in [0.1, 0.15) is 11.9 Å². The first kappa shape index (κ1) is 12.6. The van der Waals surface area contributed by atoms with Crippen LogP contribution in [0.15, 0.2) is 34.4 Å². The van der Waals surface area contributed by atoms with Crippen LogP contribution in [0.1, 0.15) is 5.56 Å². The Bertz CT molecular complexity index is 594. The van der Waals surface area contributed by atoms with Crippen molar-refractivity contribution in [3.05, 3.63) is 29.8 Å². The SMILES string of the molecule is N#C/C(=N\Nc1cccc(C2=NCCN2)c1)C(=N)N. The second-order valence-corrected chi connectivity index (χ2v) is 3.84. The van der Waals surface area contributed by atoms with Crippen molar-refractivity contribution >= 4 is 23.1 Å². The molecule has 0 spiro atoms. The second kappa shape index (κ2) is 5.64. The molecule has 0 amide bonds. The van der Waals surface area contributed by atoms with E-state index in [9.17, 15) is 0 Å². The molecule has 0 radical (unpaired) electrons. The standard InChI is InChI=1S/C12H13N7/c13-7-10(11(14)15)19-18-9-3-1-2-8(6-9)12-16-4-5-17-12/h1-3,6,18H,4-5H2,(H3,14,15)(H,16,17)/b19-10+. The van der Waals surface area contributed by atoms with Crippen LogP contribution in [0.5, 0.6) is 0 Å². The van der Waals surface area contributed by atoms with Gasteiger partial charge in [0.05, 0.1) is 12.2 Å². The maximum absolute atomic E-state index is 8.73. The Morgan fingerprint density at radius 3 is 3.05 bits per heavy atom. The molecule has 1 heterocycles. The zero-order valence-electron chi connectivity index (χ0n) is 10.1. The van der Waals surface area contributed by atoms with Crippen molar-refractivity contribution in [1.29, 1.82) is 10.7 Å². The molecule has 96 valence electrons. The highest BCUT2D eigenvalue weighted by molar-refractivity contribution is 6.45. The van der Waals surface area contributed by atoms with Crippen molar-refractivity contribution in [2.45, 2.75) is 0 Å². The number of hydrazone groups is 1. The molecular formula is C12H13N7. The van der Waals surface area contributed by atoms with E-state index in [-0.39, 0.29) is 11.5 Å². The van der Waals surface area contributed by atoms with Gasteiger partial charge < -0.3 is 11.1 Å². The summed E-state index contributed by atoms with van der Waals surface area (Å²) in [5.74, 6) is 0.479. The average molecular weight is 255 g/mol. The Morgan fingerprint density at radius 1 is 1.58 bits per heavy atom. The van der Waals surface area contributed by atoms with E-state index in [1.165, 1.54) is 0 Å². The van der Waals surface area contributed by atoms with Gasteiger partial charge in [-0.15, -0.1) is 0 Å². The molecule has 5 N–H and O–H groups in total. The minimum Gasteiger partial charge on any atom is -0.382 e. The van der Waals surface area contributed by atoms with Gasteiger partial charge >= 0.3 is 0 Å². The zero-order valence-corrected chi connectivity index (χ0v) is 10.1. The van der Waals surface area contributed by atoms with Crippen molar-refractivity contribution in [3.63, 3.8) is 0 Å². The molecule has 19 heavy (non-hydrogen) atoms. The number of nitrogens with zero attached hydrogens (tertiary/aromatic N) is 3. The van der Waals surface area contributed by atoms with Gasteiger partial charge in [-0.1, -0.05) is 12.1 Å². The normalized spacial score (nSPS) is 14.3. The highest BCUT2D eigenvalue weighted by atomic mass is 15.3. The third-order valence-electron chi connectivity index (χ3n) is 2.47. The van der Waals surface area contributed by atoms with Crippen LogP contribution < -0.4 is 16.5 Å². The number of rotatable bonds is 4. The zero-order chi connectivity index (χ0) is 13.7. The largest absolute Gasteiger partial charge is 0.382 e. The van der Waals surface area contributed by atoms with Crippen LogP contribution in [-0.2, 0) is 0 Å². The van der Waals surface area contributed by atoms with Crippen LogP contribution in [0.25, 0.3) is 0 Å². The minimum atomic E-state index is -0.368. The molecule has 0 saturated heterocycles. The van der Waals surface area contributed by atoms with Crippen LogP contribution >= 0.6 is 0 Å². The summed E-state index contributed by atoms with van der Waals surface area (Å²) in [4.78, 5) is 4.32. The number of hydrogen-bond acceptors (Lipinski definition) is 6. The fraction of sp³-hybridized carbons (Fsp3) is 0.167. The Hall–Kier alpha value is -2.88. The Morgan fingerprint density at radius 2 is 2.42 bits per heavy atom. The van der Waals surface area contributed by atoms with E-state index in [0.717, 1.165) is 24.5 Å². The maximum Gasteiger partial charge on any atom is 0.201 e. The van der Waals surface area contributed by atoms with E-state index in [4.69, 9.17) is 16.4 Å². The Balaban J connectivity index is 2.16. The van der Waals surface area contributed by atoms with E-state index in [1.54, 1.807) is 12.1 Å². The number of anilines is 1. The van der Waals surface area contributed by atoms with E-state index < -0.39 is 0 Å². The summed E-state index contributed by atoms with van der Waals surface area (Å²) in [6, 6.07) is 9.19. The van der Waals surface area contributed by atoms with Gasteiger partial charge in [0, 0.05) is 12.1 Å². The van der Waals surface area contributed by atoms with Gasteiger partial charge in [-0.25, -0.2) is 0 Å². The second-order valence-electron chi connectivity index (χ2n) is 3.84. The van der Waals surface area contributed by atoms with Gasteiger partial charge in [0.2, 0.25) is 5.71 Å². The van der Waals surface area contributed by atoms with Gasteiger partial charge in [-0.3, -0.25) is 15.8 Å². The lowest BCUT2D eigenvalue weighted by Crippen LogP contribution is -2.22. The van der Waals surface area contributed by atoms with Crippen LogP contribution in [0.3, 0.4) is 0 Å². The molecule has 7 heteroatoms. The number of aliphatic imine (C=N–C) groups is 1. The van der Waals surface area contributed by atoms with Gasteiger partial charge in [-0.2, -0.15) is 10.4 Å². The average Bonchev–Trinajstić information content (AvgIpc) is 2.93. The summed E-state index contributed by atoms with van der Waals surface area (Å²) in [6.45, 7) is 1.61. The lowest BCUT2D eigenvalue weighted by atomic mass is 10.2. The molecule has 2 rings (SSSR count). The summed E-state index contributed by atoms with van der Waals surface area (Å²) in [6.07, 6.45) is 0. The lowest BCUT2D eigenvalue weighted by Gasteiger charge is -2.05.